The van der Waals surface area contributed by atoms with E-state index in [0.717, 1.165) is 19.4 Å². The molecule has 0 aliphatic heterocycles. The smallest absolute Gasteiger partial charge is 0.293 e. The van der Waals surface area contributed by atoms with E-state index < -0.39 is 0 Å². The Kier molecular flexibility index (Phi) is 5.39. The van der Waals surface area contributed by atoms with E-state index in [1.54, 1.807) is 17.0 Å². The molecule has 1 heterocycles. The van der Waals surface area contributed by atoms with Crippen molar-refractivity contribution in [3.8, 4) is 0 Å². The Morgan fingerprint density at radius 2 is 2.14 bits per heavy atom. The number of hydrogen-bond acceptors (Lipinski definition) is 4. The van der Waals surface area contributed by atoms with Gasteiger partial charge in [-0.2, -0.15) is 0 Å². The van der Waals surface area contributed by atoms with Gasteiger partial charge in [0.15, 0.2) is 5.82 Å². The highest BCUT2D eigenvalue weighted by Gasteiger charge is 2.29. The molecule has 0 radical (unpaired) electrons. The fraction of sp³-hybridized carbons (Fsp3) is 0.750. The molecule has 0 saturated heterocycles. The lowest BCUT2D eigenvalue weighted by Gasteiger charge is -2.37. The highest BCUT2D eigenvalue weighted by molar-refractivity contribution is 5.36. The average Bonchev–Trinajstić information content (AvgIpc) is 2.48. The molecule has 1 aliphatic carbocycles. The topological polar surface area (TPSA) is 64.2 Å². The van der Waals surface area contributed by atoms with Crippen LogP contribution in [0, 0.1) is 11.8 Å². The summed E-state index contributed by atoms with van der Waals surface area (Å²) in [4.78, 5) is 19.0. The zero-order valence-corrected chi connectivity index (χ0v) is 13.5. The molecule has 1 fully saturated rings. The zero-order chi connectivity index (χ0) is 15.4. The van der Waals surface area contributed by atoms with Gasteiger partial charge >= 0.3 is 0 Å². The van der Waals surface area contributed by atoms with Crippen molar-refractivity contribution in [3.63, 3.8) is 0 Å². The van der Waals surface area contributed by atoms with Crippen molar-refractivity contribution >= 4 is 5.82 Å². The molecule has 5 nitrogen and oxygen atoms in total. The van der Waals surface area contributed by atoms with Gasteiger partial charge in [-0.1, -0.05) is 26.7 Å². The molecule has 118 valence electrons. The highest BCUT2D eigenvalue weighted by atomic mass is 16.1. The number of nitrogens with two attached hydrogens (primary N) is 1. The van der Waals surface area contributed by atoms with Crippen molar-refractivity contribution in [2.75, 3.05) is 18.5 Å². The van der Waals surface area contributed by atoms with Crippen LogP contribution in [0.25, 0.3) is 0 Å². The minimum Gasteiger partial charge on any atom is -0.352 e. The maximum Gasteiger partial charge on any atom is 0.293 e. The van der Waals surface area contributed by atoms with E-state index in [1.807, 2.05) is 7.05 Å². The molecule has 0 bridgehead atoms. The van der Waals surface area contributed by atoms with Gasteiger partial charge in [-0.25, -0.2) is 4.98 Å². The van der Waals surface area contributed by atoms with Crippen LogP contribution >= 0.6 is 0 Å². The van der Waals surface area contributed by atoms with Gasteiger partial charge < -0.3 is 15.2 Å². The van der Waals surface area contributed by atoms with Crippen LogP contribution in [-0.4, -0.2) is 29.2 Å². The molecule has 0 spiro atoms. The molecule has 2 atom stereocenters. The van der Waals surface area contributed by atoms with Crippen molar-refractivity contribution in [1.82, 2.24) is 9.55 Å². The zero-order valence-electron chi connectivity index (χ0n) is 13.5. The molecule has 1 aromatic heterocycles. The predicted octanol–water partition coefficient (Wildman–Crippen LogP) is 1.85. The Morgan fingerprint density at radius 3 is 2.81 bits per heavy atom. The third kappa shape index (κ3) is 3.64. The molecule has 1 aromatic rings. The Balaban J connectivity index is 2.26. The minimum atomic E-state index is 0.00930. The van der Waals surface area contributed by atoms with E-state index in [0.29, 0.717) is 30.2 Å². The lowest BCUT2D eigenvalue weighted by atomic mass is 9.84. The Bertz CT molecular complexity index is 511. The Labute approximate surface area is 127 Å². The molecule has 1 aliphatic rings. The largest absolute Gasteiger partial charge is 0.352 e. The maximum absolute atomic E-state index is 12.6. The summed E-state index contributed by atoms with van der Waals surface area (Å²) < 4.78 is 1.77. The summed E-state index contributed by atoms with van der Waals surface area (Å²) >= 11 is 0. The fourth-order valence-corrected chi connectivity index (χ4v) is 3.34. The molecular weight excluding hydrogens is 264 g/mol. The molecule has 2 unspecified atom stereocenters. The van der Waals surface area contributed by atoms with Crippen LogP contribution in [0.4, 0.5) is 5.82 Å². The van der Waals surface area contributed by atoms with Crippen molar-refractivity contribution in [1.29, 1.82) is 0 Å². The van der Waals surface area contributed by atoms with Crippen LogP contribution in [0.3, 0.4) is 0 Å². The number of rotatable bonds is 5. The molecule has 0 aromatic carbocycles. The van der Waals surface area contributed by atoms with Crippen molar-refractivity contribution in [2.24, 2.45) is 17.6 Å². The molecule has 2 N–H and O–H groups in total. The second-order valence-corrected chi connectivity index (χ2v) is 6.56. The van der Waals surface area contributed by atoms with E-state index in [4.69, 9.17) is 5.73 Å². The van der Waals surface area contributed by atoms with Gasteiger partial charge in [0.1, 0.15) is 0 Å². The van der Waals surface area contributed by atoms with E-state index in [9.17, 15) is 4.79 Å². The fourth-order valence-electron chi connectivity index (χ4n) is 3.34. The van der Waals surface area contributed by atoms with Crippen LogP contribution in [0.1, 0.15) is 39.5 Å². The van der Waals surface area contributed by atoms with Crippen LogP contribution in [0.2, 0.25) is 0 Å². The summed E-state index contributed by atoms with van der Waals surface area (Å²) in [5, 5.41) is 0. The summed E-state index contributed by atoms with van der Waals surface area (Å²) in [6.07, 6.45) is 8.21. The highest BCUT2D eigenvalue weighted by Crippen LogP contribution is 2.28. The number of hydrogen-bond donors (Lipinski definition) is 1. The second-order valence-electron chi connectivity index (χ2n) is 6.56. The lowest BCUT2D eigenvalue weighted by Crippen LogP contribution is -2.46. The first-order valence-electron chi connectivity index (χ1n) is 8.03. The van der Waals surface area contributed by atoms with Gasteiger partial charge in [0.25, 0.3) is 5.56 Å². The monoisotopic (exact) mass is 292 g/mol. The van der Waals surface area contributed by atoms with E-state index in [-0.39, 0.29) is 5.56 Å². The van der Waals surface area contributed by atoms with Crippen LogP contribution < -0.4 is 16.2 Å². The minimum absolute atomic E-state index is 0.00930. The molecule has 1 saturated carbocycles. The van der Waals surface area contributed by atoms with Crippen LogP contribution in [0.5, 0.6) is 0 Å². The quantitative estimate of drug-likeness (QED) is 0.899. The Hall–Kier alpha value is -1.36. The van der Waals surface area contributed by atoms with Gasteiger partial charge in [-0.05, 0) is 31.2 Å². The first-order chi connectivity index (χ1) is 10.0. The molecular formula is C16H28N4O. The normalized spacial score (nSPS) is 22.5. The van der Waals surface area contributed by atoms with Crippen LogP contribution in [0.15, 0.2) is 17.2 Å². The number of aromatic nitrogens is 2. The number of anilines is 1. The third-order valence-corrected chi connectivity index (χ3v) is 4.46. The van der Waals surface area contributed by atoms with Gasteiger partial charge in [-0.3, -0.25) is 4.79 Å². The summed E-state index contributed by atoms with van der Waals surface area (Å²) in [7, 11) is 1.99. The van der Waals surface area contributed by atoms with E-state index in [2.05, 4.69) is 23.7 Å². The third-order valence-electron chi connectivity index (χ3n) is 4.46. The first kappa shape index (κ1) is 16.0. The Morgan fingerprint density at radius 1 is 1.43 bits per heavy atom. The molecule has 0 amide bonds. The summed E-state index contributed by atoms with van der Waals surface area (Å²) in [6, 6.07) is 0.332. The van der Waals surface area contributed by atoms with Crippen molar-refractivity contribution in [3.05, 3.63) is 22.7 Å². The molecule has 2 rings (SSSR count). The molecule has 21 heavy (non-hydrogen) atoms. The lowest BCUT2D eigenvalue weighted by molar-refractivity contribution is 0.305. The second kappa shape index (κ2) is 7.07. The first-order valence-corrected chi connectivity index (χ1v) is 8.03. The maximum atomic E-state index is 12.6. The van der Waals surface area contributed by atoms with Gasteiger partial charge in [0.2, 0.25) is 0 Å². The van der Waals surface area contributed by atoms with Crippen molar-refractivity contribution < 1.29 is 0 Å². The average molecular weight is 292 g/mol. The summed E-state index contributed by atoms with van der Waals surface area (Å²) in [6.45, 7) is 5.64. The standard InChI is InChI=1S/C16H28N4O/c1-12(2)11-20-9-8-18-15(16(20)21)19(3)14-7-5-4-6-13(14)10-17/h8-9,12-14H,4-7,10-11,17H2,1-3H3. The van der Waals surface area contributed by atoms with Crippen LogP contribution in [-0.2, 0) is 6.54 Å². The van der Waals surface area contributed by atoms with Gasteiger partial charge in [0, 0.05) is 32.0 Å². The van der Waals surface area contributed by atoms with E-state index in [1.165, 1.54) is 12.8 Å². The van der Waals surface area contributed by atoms with Gasteiger partial charge in [0.05, 0.1) is 0 Å². The van der Waals surface area contributed by atoms with E-state index >= 15 is 0 Å². The molecule has 5 heteroatoms. The SMILES string of the molecule is CC(C)Cn1ccnc(N(C)C2CCCCC2CN)c1=O. The summed E-state index contributed by atoms with van der Waals surface area (Å²) in [5.74, 6) is 1.46. The van der Waals surface area contributed by atoms with Gasteiger partial charge in [-0.15, -0.1) is 0 Å². The number of nitrogens with zero attached hydrogens (tertiary/aromatic N) is 3. The summed E-state index contributed by atoms with van der Waals surface area (Å²) in [5.41, 5.74) is 5.92. The predicted molar refractivity (Wildman–Crippen MR) is 86.5 cm³/mol. The van der Waals surface area contributed by atoms with Crippen molar-refractivity contribution in [2.45, 2.75) is 52.1 Å².